The Hall–Kier alpha value is -4.23. The normalized spacial score (nSPS) is 17.4. The van der Waals surface area contributed by atoms with Gasteiger partial charge in [0.15, 0.2) is 0 Å². The minimum Gasteiger partial charge on any atom is -0.366 e. The average Bonchev–Trinajstić information content (AvgIpc) is 3.60. The van der Waals surface area contributed by atoms with Crippen molar-refractivity contribution in [1.82, 2.24) is 14.7 Å². The number of carbonyl (C=O) groups is 2. The second-order valence-corrected chi connectivity index (χ2v) is 10.9. The minimum atomic E-state index is -0.470. The van der Waals surface area contributed by atoms with E-state index in [2.05, 4.69) is 34.0 Å². The highest BCUT2D eigenvalue weighted by Crippen LogP contribution is 2.39. The number of primary amides is 1. The van der Waals surface area contributed by atoms with Crippen LogP contribution in [0.15, 0.2) is 91.1 Å². The highest BCUT2D eigenvalue weighted by Gasteiger charge is 2.30. The molecule has 1 saturated carbocycles. The molecule has 6 nitrogen and oxygen atoms in total. The zero-order chi connectivity index (χ0) is 26.1. The second kappa shape index (κ2) is 10.3. The summed E-state index contributed by atoms with van der Waals surface area (Å²) in [7, 11) is 0. The Labute approximate surface area is 225 Å². The van der Waals surface area contributed by atoms with Gasteiger partial charge in [0.25, 0.3) is 5.91 Å². The van der Waals surface area contributed by atoms with E-state index in [0.29, 0.717) is 11.2 Å². The fourth-order valence-corrected chi connectivity index (χ4v) is 6.37. The molecule has 2 amide bonds. The number of carbonyl (C=O) groups excluding carboxylic acids is 2. The van der Waals surface area contributed by atoms with Crippen molar-refractivity contribution in [1.29, 1.82) is 0 Å². The number of nitrogens with one attached hydrogen (secondary N) is 1. The number of benzene rings is 2. The van der Waals surface area contributed by atoms with Gasteiger partial charge in [0.2, 0.25) is 5.91 Å². The van der Waals surface area contributed by atoms with E-state index >= 15 is 0 Å². The molecule has 6 rings (SSSR count). The van der Waals surface area contributed by atoms with Gasteiger partial charge < -0.3 is 15.5 Å². The maximum atomic E-state index is 13.2. The van der Waals surface area contributed by atoms with Crippen molar-refractivity contribution in [3.8, 4) is 21.7 Å². The first-order valence-corrected chi connectivity index (χ1v) is 13.7. The maximum absolute atomic E-state index is 13.2. The topological polar surface area (TPSA) is 89.5 Å². The van der Waals surface area contributed by atoms with E-state index in [9.17, 15) is 9.59 Å². The Morgan fingerprint density at radius 3 is 2.39 bits per heavy atom. The monoisotopic (exact) mass is 520 g/mol. The van der Waals surface area contributed by atoms with Gasteiger partial charge in [-0.05, 0) is 49.1 Å². The van der Waals surface area contributed by atoms with Gasteiger partial charge in [-0.1, -0.05) is 67.1 Å². The fourth-order valence-electron chi connectivity index (χ4n) is 5.46. The van der Waals surface area contributed by atoms with E-state index in [1.54, 1.807) is 12.1 Å². The lowest BCUT2D eigenvalue weighted by Gasteiger charge is -2.30. The van der Waals surface area contributed by atoms with Crippen molar-refractivity contribution in [3.63, 3.8) is 0 Å². The van der Waals surface area contributed by atoms with Crippen molar-refractivity contribution in [2.24, 2.45) is 5.73 Å². The highest BCUT2D eigenvalue weighted by molar-refractivity contribution is 7.17. The lowest BCUT2D eigenvalue weighted by atomic mass is 9.82. The van der Waals surface area contributed by atoms with Crippen LogP contribution in [0, 0.1) is 0 Å². The summed E-state index contributed by atoms with van der Waals surface area (Å²) in [4.78, 5) is 31.7. The van der Waals surface area contributed by atoms with E-state index in [0.717, 1.165) is 58.0 Å². The number of hydrogen-bond donors (Lipinski definition) is 2. The summed E-state index contributed by atoms with van der Waals surface area (Å²) in [5.41, 5.74) is 10.9. The zero-order valence-corrected chi connectivity index (χ0v) is 21.7. The molecule has 38 heavy (non-hydrogen) atoms. The Morgan fingerprint density at radius 2 is 1.66 bits per heavy atom. The van der Waals surface area contributed by atoms with Gasteiger partial charge in [0.1, 0.15) is 5.65 Å². The van der Waals surface area contributed by atoms with Crippen LogP contribution in [-0.2, 0) is 0 Å². The number of imidazole rings is 1. The lowest BCUT2D eigenvalue weighted by molar-refractivity contribution is 0.0928. The number of amides is 2. The zero-order valence-electron chi connectivity index (χ0n) is 20.8. The van der Waals surface area contributed by atoms with Crippen molar-refractivity contribution in [2.75, 3.05) is 0 Å². The van der Waals surface area contributed by atoms with E-state index in [-0.39, 0.29) is 17.9 Å². The number of nitrogens with two attached hydrogens (primary N) is 1. The maximum Gasteiger partial charge on any atom is 0.261 e. The molecule has 5 aromatic rings. The molecular weight excluding hydrogens is 492 g/mol. The van der Waals surface area contributed by atoms with Crippen LogP contribution in [0.4, 0.5) is 0 Å². The van der Waals surface area contributed by atoms with Gasteiger partial charge in [0.05, 0.1) is 16.3 Å². The molecule has 0 spiro atoms. The molecule has 1 aliphatic rings. The first-order chi connectivity index (χ1) is 18.6. The summed E-state index contributed by atoms with van der Waals surface area (Å²) in [5.74, 6) is -0.278. The SMILES string of the molecule is NC(=O)c1ccn2c(C3CCCC(NC(=O)c4ccc(-c5ccccc5)s4)C3)c(-c3ccccc3)nc2c1. The number of rotatable bonds is 6. The summed E-state index contributed by atoms with van der Waals surface area (Å²) < 4.78 is 2.08. The molecule has 190 valence electrons. The van der Waals surface area contributed by atoms with Gasteiger partial charge in [-0.15, -0.1) is 11.3 Å². The Bertz CT molecular complexity index is 1610. The van der Waals surface area contributed by atoms with Crippen molar-refractivity contribution in [2.45, 2.75) is 37.6 Å². The van der Waals surface area contributed by atoms with Crippen LogP contribution >= 0.6 is 11.3 Å². The number of nitrogens with zero attached hydrogens (tertiary/aromatic N) is 2. The fraction of sp³-hybridized carbons (Fsp3) is 0.194. The smallest absolute Gasteiger partial charge is 0.261 e. The van der Waals surface area contributed by atoms with Crippen LogP contribution in [0.2, 0.25) is 0 Å². The molecular formula is C31H28N4O2S. The largest absolute Gasteiger partial charge is 0.366 e. The van der Waals surface area contributed by atoms with Crippen LogP contribution in [0.1, 0.15) is 57.3 Å². The lowest BCUT2D eigenvalue weighted by Crippen LogP contribution is -2.37. The molecule has 3 N–H and O–H groups in total. The number of fused-ring (bicyclic) bond motifs is 1. The van der Waals surface area contributed by atoms with E-state index in [1.807, 2.05) is 54.7 Å². The van der Waals surface area contributed by atoms with Crippen molar-refractivity contribution >= 4 is 28.8 Å². The average molecular weight is 521 g/mol. The quantitative estimate of drug-likeness (QED) is 0.276. The third kappa shape index (κ3) is 4.73. The predicted molar refractivity (Wildman–Crippen MR) is 151 cm³/mol. The van der Waals surface area contributed by atoms with Crippen molar-refractivity contribution in [3.05, 3.63) is 107 Å². The first-order valence-electron chi connectivity index (χ1n) is 12.9. The standard InChI is InChI=1S/C31H28N4O2S/c32-30(36)23-16-17-35-27(19-23)34-28(21-10-5-2-6-11-21)29(35)22-12-7-13-24(18-22)33-31(37)26-15-14-25(38-26)20-8-3-1-4-9-20/h1-6,8-11,14-17,19,22,24H,7,12-13,18H2,(H2,32,36)(H,33,37). The third-order valence-electron chi connectivity index (χ3n) is 7.28. The molecule has 0 saturated heterocycles. The molecule has 3 aromatic heterocycles. The van der Waals surface area contributed by atoms with Crippen LogP contribution in [0.3, 0.4) is 0 Å². The van der Waals surface area contributed by atoms with Gasteiger partial charge in [-0.25, -0.2) is 4.98 Å². The van der Waals surface area contributed by atoms with E-state index in [1.165, 1.54) is 11.3 Å². The Morgan fingerprint density at radius 1 is 0.921 bits per heavy atom. The van der Waals surface area contributed by atoms with Crippen LogP contribution in [0.5, 0.6) is 0 Å². The summed E-state index contributed by atoms with van der Waals surface area (Å²) in [6.07, 6.45) is 5.68. The van der Waals surface area contributed by atoms with Crippen LogP contribution in [-0.4, -0.2) is 27.2 Å². The summed E-state index contributed by atoms with van der Waals surface area (Å²) in [6, 6.07) is 27.8. The molecule has 0 aliphatic heterocycles. The number of aromatic nitrogens is 2. The van der Waals surface area contributed by atoms with Crippen molar-refractivity contribution < 1.29 is 9.59 Å². The summed E-state index contributed by atoms with van der Waals surface area (Å²) in [6.45, 7) is 0. The van der Waals surface area contributed by atoms with E-state index < -0.39 is 5.91 Å². The molecule has 7 heteroatoms. The molecule has 2 unspecified atom stereocenters. The van der Waals surface area contributed by atoms with Gasteiger partial charge >= 0.3 is 0 Å². The third-order valence-corrected chi connectivity index (χ3v) is 8.41. The number of thiophene rings is 1. The van der Waals surface area contributed by atoms with Gasteiger partial charge in [-0.3, -0.25) is 9.59 Å². The second-order valence-electron chi connectivity index (χ2n) is 9.78. The van der Waals surface area contributed by atoms with E-state index in [4.69, 9.17) is 10.7 Å². The van der Waals surface area contributed by atoms with Crippen LogP contribution < -0.4 is 11.1 Å². The molecule has 1 fully saturated rings. The first kappa shape index (κ1) is 24.1. The molecule has 2 aromatic carbocycles. The number of pyridine rings is 1. The predicted octanol–water partition coefficient (Wildman–Crippen LogP) is 6.28. The van der Waals surface area contributed by atoms with Crippen LogP contribution in [0.25, 0.3) is 27.3 Å². The molecule has 2 atom stereocenters. The molecule has 0 bridgehead atoms. The number of hydrogen-bond acceptors (Lipinski definition) is 4. The summed E-state index contributed by atoms with van der Waals surface area (Å²) >= 11 is 1.52. The van der Waals surface area contributed by atoms with Gasteiger partial charge in [0, 0.05) is 34.2 Å². The Balaban J connectivity index is 1.27. The highest BCUT2D eigenvalue weighted by atomic mass is 32.1. The Kier molecular flexibility index (Phi) is 6.52. The minimum absolute atomic E-state index is 0.0182. The summed E-state index contributed by atoms with van der Waals surface area (Å²) in [5, 5.41) is 3.30. The van der Waals surface area contributed by atoms with Gasteiger partial charge in [-0.2, -0.15) is 0 Å². The molecule has 0 radical (unpaired) electrons. The molecule has 1 aliphatic carbocycles. The molecule has 3 heterocycles.